The molecule has 0 aliphatic heterocycles. The van der Waals surface area contributed by atoms with E-state index in [-0.39, 0.29) is 6.17 Å². The van der Waals surface area contributed by atoms with Gasteiger partial charge in [0.25, 0.3) is 0 Å². The average Bonchev–Trinajstić information content (AvgIpc) is 3.03. The maximum absolute atomic E-state index is 6.67. The van der Waals surface area contributed by atoms with E-state index in [0.717, 1.165) is 24.2 Å². The molecule has 0 aromatic heterocycles. The quantitative estimate of drug-likeness (QED) is 0.163. The highest BCUT2D eigenvalue weighted by Gasteiger charge is 2.11. The molecule has 6 aromatic carbocycles. The van der Waals surface area contributed by atoms with Crippen molar-refractivity contribution in [1.82, 2.24) is 5.32 Å². The Balaban J connectivity index is 1.15. The Hall–Kier alpha value is -4.70. The predicted octanol–water partition coefficient (Wildman–Crippen LogP) is 8.55. The first kappa shape index (κ1) is 26.5. The lowest BCUT2D eigenvalue weighted by Gasteiger charge is -2.19. The summed E-state index contributed by atoms with van der Waals surface area (Å²) >= 11 is 0. The van der Waals surface area contributed by atoms with E-state index >= 15 is 0 Å². The highest BCUT2D eigenvalue weighted by atomic mass is 15.0. The van der Waals surface area contributed by atoms with Crippen molar-refractivity contribution >= 4 is 16.5 Å². The van der Waals surface area contributed by atoms with Crippen molar-refractivity contribution < 1.29 is 0 Å². The Morgan fingerprint density at radius 2 is 1.12 bits per heavy atom. The van der Waals surface area contributed by atoms with Crippen LogP contribution in [0.15, 0.2) is 140 Å². The molecule has 0 saturated carbocycles. The van der Waals surface area contributed by atoms with Crippen LogP contribution in [0.3, 0.4) is 0 Å². The molecule has 0 aliphatic rings. The van der Waals surface area contributed by atoms with Crippen LogP contribution in [0.25, 0.3) is 33.0 Å². The number of hydrogen-bond donors (Lipinski definition) is 3. The minimum Gasteiger partial charge on any atom is -0.366 e. The maximum Gasteiger partial charge on any atom is 0.101 e. The Bertz CT molecular complexity index is 1740. The van der Waals surface area contributed by atoms with Crippen LogP contribution >= 0.6 is 0 Å². The van der Waals surface area contributed by atoms with Crippen LogP contribution in [0.2, 0.25) is 0 Å². The van der Waals surface area contributed by atoms with Gasteiger partial charge in [0, 0.05) is 12.2 Å². The largest absolute Gasteiger partial charge is 0.366 e. The molecule has 1 unspecified atom stereocenters. The van der Waals surface area contributed by atoms with Gasteiger partial charge in [0.05, 0.1) is 0 Å². The van der Waals surface area contributed by atoms with Crippen LogP contribution in [0.1, 0.15) is 28.4 Å². The maximum atomic E-state index is 6.67. The summed E-state index contributed by atoms with van der Waals surface area (Å²) in [4.78, 5) is 0. The smallest absolute Gasteiger partial charge is 0.101 e. The third-order valence-electron chi connectivity index (χ3n) is 7.67. The van der Waals surface area contributed by atoms with E-state index in [1.807, 2.05) is 13.1 Å². The van der Waals surface area contributed by atoms with Crippen LogP contribution in [-0.2, 0) is 13.0 Å². The van der Waals surface area contributed by atoms with Crippen molar-refractivity contribution in [1.29, 1.82) is 0 Å². The summed E-state index contributed by atoms with van der Waals surface area (Å²) in [6, 6.07) is 49.6. The molecule has 0 heterocycles. The van der Waals surface area contributed by atoms with Gasteiger partial charge in [-0.1, -0.05) is 121 Å². The zero-order chi connectivity index (χ0) is 28.0. The van der Waals surface area contributed by atoms with E-state index in [1.54, 1.807) is 0 Å². The molecule has 0 fully saturated rings. The van der Waals surface area contributed by atoms with E-state index < -0.39 is 0 Å². The molecule has 0 amide bonds. The molecule has 202 valence electrons. The molecule has 4 N–H and O–H groups in total. The average molecular weight is 534 g/mol. The lowest BCUT2D eigenvalue weighted by Crippen LogP contribution is -2.20. The lowest BCUT2D eigenvalue weighted by molar-refractivity contribution is 0.819. The molecular formula is C38H35N3. The van der Waals surface area contributed by atoms with Gasteiger partial charge in [-0.3, -0.25) is 0 Å². The Kier molecular flexibility index (Phi) is 7.90. The summed E-state index contributed by atoms with van der Waals surface area (Å²) in [5.74, 6) is 0. The normalized spacial score (nSPS) is 11.9. The van der Waals surface area contributed by atoms with Crippen LogP contribution in [-0.4, -0.2) is 7.05 Å². The molecule has 0 bridgehead atoms. The summed E-state index contributed by atoms with van der Waals surface area (Å²) in [5, 5.41) is 9.21. The zero-order valence-corrected chi connectivity index (χ0v) is 23.3. The number of fused-ring (bicyclic) bond motifs is 1. The molecule has 6 aromatic rings. The van der Waals surface area contributed by atoms with Crippen molar-refractivity contribution in [2.75, 3.05) is 12.4 Å². The second-order valence-corrected chi connectivity index (χ2v) is 10.6. The summed E-state index contributed by atoms with van der Waals surface area (Å²) in [6.07, 6.45) is 0.522. The number of hydrogen-bond acceptors (Lipinski definition) is 3. The van der Waals surface area contributed by atoms with Gasteiger partial charge in [-0.25, -0.2) is 0 Å². The fraction of sp³-hybridized carbons (Fsp3) is 0.105. The first-order valence-electron chi connectivity index (χ1n) is 14.2. The van der Waals surface area contributed by atoms with Gasteiger partial charge in [-0.2, -0.15) is 0 Å². The highest BCUT2D eigenvalue weighted by molar-refractivity contribution is 5.84. The summed E-state index contributed by atoms with van der Waals surface area (Å²) < 4.78 is 0. The third-order valence-corrected chi connectivity index (χ3v) is 7.67. The van der Waals surface area contributed by atoms with Crippen molar-refractivity contribution in [3.63, 3.8) is 0 Å². The number of rotatable bonds is 9. The molecule has 3 heteroatoms. The molecule has 1 atom stereocenters. The van der Waals surface area contributed by atoms with Gasteiger partial charge >= 0.3 is 0 Å². The number of benzene rings is 6. The van der Waals surface area contributed by atoms with Gasteiger partial charge in [0.1, 0.15) is 6.17 Å². The zero-order valence-electron chi connectivity index (χ0n) is 23.3. The van der Waals surface area contributed by atoms with E-state index in [9.17, 15) is 0 Å². The molecule has 0 radical (unpaired) electrons. The highest BCUT2D eigenvalue weighted by Crippen LogP contribution is 2.28. The molecule has 0 saturated heterocycles. The van der Waals surface area contributed by atoms with Crippen molar-refractivity contribution in [3.05, 3.63) is 162 Å². The van der Waals surface area contributed by atoms with Crippen molar-refractivity contribution in [2.45, 2.75) is 19.1 Å². The summed E-state index contributed by atoms with van der Waals surface area (Å²) in [5.41, 5.74) is 17.5. The Morgan fingerprint density at radius 1 is 0.561 bits per heavy atom. The summed E-state index contributed by atoms with van der Waals surface area (Å²) in [7, 11) is 1.97. The third kappa shape index (κ3) is 6.22. The van der Waals surface area contributed by atoms with Gasteiger partial charge < -0.3 is 16.4 Å². The lowest BCUT2D eigenvalue weighted by atomic mass is 9.97. The van der Waals surface area contributed by atoms with E-state index in [2.05, 4.69) is 144 Å². The number of anilines is 1. The van der Waals surface area contributed by atoms with E-state index in [1.165, 1.54) is 49.7 Å². The standard InChI is InChI=1S/C38H35N3/c1-40-26-28-13-16-34-25-36(22-21-33(34)24-28)38(39)41-37-10-6-5-9-35(37)23-27-11-14-30(15-12-27)32-19-17-31(18-20-32)29-7-3-2-4-8-29/h2-22,24-25,38,40-41H,23,26,39H2,1H3. The molecule has 0 spiro atoms. The van der Waals surface area contributed by atoms with E-state index in [4.69, 9.17) is 5.73 Å². The van der Waals surface area contributed by atoms with E-state index in [0.29, 0.717) is 0 Å². The minimum atomic E-state index is -0.307. The first-order chi connectivity index (χ1) is 20.2. The van der Waals surface area contributed by atoms with Gasteiger partial charge in [0.15, 0.2) is 0 Å². The minimum absolute atomic E-state index is 0.307. The van der Waals surface area contributed by atoms with Crippen LogP contribution in [0.4, 0.5) is 5.69 Å². The predicted molar refractivity (Wildman–Crippen MR) is 174 cm³/mol. The Labute approximate surface area is 242 Å². The SMILES string of the molecule is CNCc1ccc2cc(C(N)Nc3ccccc3Cc3ccc(-c4ccc(-c5ccccc5)cc4)cc3)ccc2c1. The number of nitrogens with one attached hydrogen (secondary N) is 2. The monoisotopic (exact) mass is 533 g/mol. The molecule has 3 nitrogen and oxygen atoms in total. The second kappa shape index (κ2) is 12.2. The number of para-hydroxylation sites is 1. The molecule has 41 heavy (non-hydrogen) atoms. The van der Waals surface area contributed by atoms with Gasteiger partial charge in [-0.05, 0) is 86.9 Å². The number of nitrogens with two attached hydrogens (primary N) is 1. The van der Waals surface area contributed by atoms with Crippen molar-refractivity contribution in [3.8, 4) is 22.3 Å². The van der Waals surface area contributed by atoms with Crippen LogP contribution < -0.4 is 16.4 Å². The topological polar surface area (TPSA) is 50.1 Å². The molecule has 0 aliphatic carbocycles. The summed E-state index contributed by atoms with van der Waals surface area (Å²) in [6.45, 7) is 0.861. The first-order valence-corrected chi connectivity index (χ1v) is 14.2. The van der Waals surface area contributed by atoms with Crippen LogP contribution in [0, 0.1) is 0 Å². The van der Waals surface area contributed by atoms with Gasteiger partial charge in [-0.15, -0.1) is 0 Å². The molecule has 6 rings (SSSR count). The van der Waals surface area contributed by atoms with Crippen LogP contribution in [0.5, 0.6) is 0 Å². The van der Waals surface area contributed by atoms with Gasteiger partial charge in [0.2, 0.25) is 0 Å². The van der Waals surface area contributed by atoms with Crippen molar-refractivity contribution in [2.24, 2.45) is 5.73 Å². The molecular weight excluding hydrogens is 498 g/mol. The Morgan fingerprint density at radius 3 is 1.83 bits per heavy atom. The second-order valence-electron chi connectivity index (χ2n) is 10.6. The fourth-order valence-corrected chi connectivity index (χ4v) is 5.41. The fourth-order valence-electron chi connectivity index (χ4n) is 5.41.